The van der Waals surface area contributed by atoms with Crippen molar-refractivity contribution in [1.82, 2.24) is 9.78 Å². The number of rotatable bonds is 3. The Morgan fingerprint density at radius 3 is 2.87 bits per heavy atom. The van der Waals surface area contributed by atoms with E-state index in [0.717, 1.165) is 5.69 Å². The van der Waals surface area contributed by atoms with Crippen LogP contribution >= 0.6 is 0 Å². The summed E-state index contributed by atoms with van der Waals surface area (Å²) < 4.78 is 1.96. The van der Waals surface area contributed by atoms with Gasteiger partial charge in [0.2, 0.25) is 5.91 Å². The van der Waals surface area contributed by atoms with E-state index in [-0.39, 0.29) is 11.8 Å². The average molecular weight is 207 g/mol. The van der Waals surface area contributed by atoms with Gasteiger partial charge in [0.25, 0.3) is 0 Å². The highest BCUT2D eigenvalue weighted by molar-refractivity contribution is 5.91. The fourth-order valence-electron chi connectivity index (χ4n) is 1.54. The normalized spacial score (nSPS) is 16.5. The van der Waals surface area contributed by atoms with Crippen molar-refractivity contribution in [1.29, 1.82) is 0 Å². The Labute approximate surface area is 89.7 Å². The molecule has 1 aromatic rings. The lowest BCUT2D eigenvalue weighted by Gasteiger charge is -2.25. The minimum Gasteiger partial charge on any atom is -0.323 e. The largest absolute Gasteiger partial charge is 0.323 e. The molecule has 0 saturated heterocycles. The first-order chi connectivity index (χ1) is 7.16. The first kappa shape index (κ1) is 10.2. The number of nitrogens with zero attached hydrogens (tertiary/aromatic N) is 2. The van der Waals surface area contributed by atoms with E-state index in [1.807, 2.05) is 24.7 Å². The summed E-state index contributed by atoms with van der Waals surface area (Å²) in [7, 11) is 0. The molecule has 1 N–H and O–H groups in total. The number of aromatic nitrogens is 2. The molecule has 1 aromatic heterocycles. The van der Waals surface area contributed by atoms with E-state index in [2.05, 4.69) is 10.4 Å². The summed E-state index contributed by atoms with van der Waals surface area (Å²) in [6.45, 7) is 3.76. The zero-order valence-corrected chi connectivity index (χ0v) is 9.23. The maximum absolute atomic E-state index is 11.4. The van der Waals surface area contributed by atoms with Gasteiger partial charge in [-0.05, 0) is 19.3 Å². The van der Waals surface area contributed by atoms with Gasteiger partial charge in [0.05, 0.1) is 17.9 Å². The van der Waals surface area contributed by atoms with E-state index in [0.29, 0.717) is 6.04 Å². The lowest BCUT2D eigenvalue weighted by molar-refractivity contribution is -0.118. The highest BCUT2D eigenvalue weighted by Crippen LogP contribution is 2.31. The predicted octanol–water partition coefficient (Wildman–Crippen LogP) is 2.20. The van der Waals surface area contributed by atoms with Gasteiger partial charge in [-0.15, -0.1) is 0 Å². The van der Waals surface area contributed by atoms with Crippen molar-refractivity contribution < 1.29 is 4.79 Å². The summed E-state index contributed by atoms with van der Waals surface area (Å²) in [5, 5.41) is 7.10. The van der Waals surface area contributed by atoms with Crippen LogP contribution in [-0.4, -0.2) is 15.7 Å². The van der Waals surface area contributed by atoms with Gasteiger partial charge in [-0.25, -0.2) is 0 Å². The Morgan fingerprint density at radius 2 is 2.33 bits per heavy atom. The summed E-state index contributed by atoms with van der Waals surface area (Å²) in [4.78, 5) is 11.4. The molecule has 0 spiro atoms. The predicted molar refractivity (Wildman–Crippen MR) is 58.6 cm³/mol. The quantitative estimate of drug-likeness (QED) is 0.826. The molecular weight excluding hydrogens is 190 g/mol. The number of anilines is 1. The van der Waals surface area contributed by atoms with E-state index < -0.39 is 0 Å². The molecular formula is C11H17N3O. The number of amides is 1. The van der Waals surface area contributed by atoms with Crippen LogP contribution in [0.4, 0.5) is 5.69 Å². The van der Waals surface area contributed by atoms with Gasteiger partial charge < -0.3 is 5.32 Å². The van der Waals surface area contributed by atoms with Crippen molar-refractivity contribution in [3.05, 3.63) is 12.4 Å². The summed E-state index contributed by atoms with van der Waals surface area (Å²) in [6.07, 6.45) is 7.35. The number of nitrogens with one attached hydrogen (secondary N) is 1. The van der Waals surface area contributed by atoms with E-state index in [1.54, 1.807) is 6.20 Å². The molecule has 1 amide bonds. The summed E-state index contributed by atoms with van der Waals surface area (Å²) in [5.41, 5.74) is 0.806. The van der Waals surface area contributed by atoms with Crippen molar-refractivity contribution >= 4 is 11.6 Å². The maximum atomic E-state index is 11.4. The highest BCUT2D eigenvalue weighted by Gasteiger charge is 2.20. The van der Waals surface area contributed by atoms with Crippen LogP contribution in [0.3, 0.4) is 0 Å². The second-order valence-corrected chi connectivity index (χ2v) is 4.44. The van der Waals surface area contributed by atoms with Crippen molar-refractivity contribution in [2.75, 3.05) is 5.32 Å². The standard InChI is InChI=1S/C11H17N3O/c1-8(2)11(15)13-9-6-12-14(7-9)10-4-3-5-10/h6-8,10H,3-5H2,1-2H3,(H,13,15). The molecule has 0 aliphatic heterocycles. The molecule has 4 nitrogen and oxygen atoms in total. The SMILES string of the molecule is CC(C)C(=O)Nc1cnn(C2CCC2)c1. The monoisotopic (exact) mass is 207 g/mol. The number of carbonyl (C=O) groups excluding carboxylic acids is 1. The van der Waals surface area contributed by atoms with E-state index >= 15 is 0 Å². The topological polar surface area (TPSA) is 46.9 Å². The van der Waals surface area contributed by atoms with Gasteiger partial charge in [-0.3, -0.25) is 9.48 Å². The van der Waals surface area contributed by atoms with Crippen molar-refractivity contribution in [3.8, 4) is 0 Å². The third kappa shape index (κ3) is 2.19. The van der Waals surface area contributed by atoms with Crippen LogP contribution in [0.1, 0.15) is 39.2 Å². The zero-order chi connectivity index (χ0) is 10.8. The molecule has 0 aromatic carbocycles. The van der Waals surface area contributed by atoms with Crippen LogP contribution in [0.15, 0.2) is 12.4 Å². The van der Waals surface area contributed by atoms with Crippen molar-refractivity contribution in [2.24, 2.45) is 5.92 Å². The number of carbonyl (C=O) groups is 1. The lowest BCUT2D eigenvalue weighted by Crippen LogP contribution is -2.18. The van der Waals surface area contributed by atoms with Gasteiger partial charge in [0.15, 0.2) is 0 Å². The van der Waals surface area contributed by atoms with Crippen LogP contribution in [0, 0.1) is 5.92 Å². The smallest absolute Gasteiger partial charge is 0.227 e. The molecule has 1 heterocycles. The molecule has 4 heteroatoms. The minimum absolute atomic E-state index is 0.0112. The van der Waals surface area contributed by atoms with Crippen LogP contribution in [0.25, 0.3) is 0 Å². The molecule has 1 saturated carbocycles. The zero-order valence-electron chi connectivity index (χ0n) is 9.23. The Balaban J connectivity index is 1.97. The third-order valence-electron chi connectivity index (χ3n) is 2.84. The molecule has 0 radical (unpaired) electrons. The lowest BCUT2D eigenvalue weighted by atomic mass is 9.93. The van der Waals surface area contributed by atoms with Crippen LogP contribution in [-0.2, 0) is 4.79 Å². The van der Waals surface area contributed by atoms with Gasteiger partial charge in [0, 0.05) is 12.1 Å². The number of hydrogen-bond donors (Lipinski definition) is 1. The molecule has 2 rings (SSSR count). The van der Waals surface area contributed by atoms with Gasteiger partial charge in [-0.2, -0.15) is 5.10 Å². The van der Waals surface area contributed by atoms with Crippen molar-refractivity contribution in [3.63, 3.8) is 0 Å². The first-order valence-electron chi connectivity index (χ1n) is 5.52. The van der Waals surface area contributed by atoms with E-state index in [9.17, 15) is 4.79 Å². The van der Waals surface area contributed by atoms with E-state index in [4.69, 9.17) is 0 Å². The molecule has 1 aliphatic rings. The summed E-state index contributed by atoms with van der Waals surface area (Å²) >= 11 is 0. The fourth-order valence-corrected chi connectivity index (χ4v) is 1.54. The minimum atomic E-state index is 0.0112. The molecule has 1 aliphatic carbocycles. The Morgan fingerprint density at radius 1 is 1.60 bits per heavy atom. The first-order valence-corrected chi connectivity index (χ1v) is 5.52. The molecule has 0 unspecified atom stereocenters. The Kier molecular flexibility index (Phi) is 2.75. The summed E-state index contributed by atoms with van der Waals surface area (Å²) in [5.74, 6) is 0.0558. The van der Waals surface area contributed by atoms with Gasteiger partial charge in [0.1, 0.15) is 0 Å². The van der Waals surface area contributed by atoms with Gasteiger partial charge >= 0.3 is 0 Å². The van der Waals surface area contributed by atoms with Crippen LogP contribution in [0.2, 0.25) is 0 Å². The molecule has 15 heavy (non-hydrogen) atoms. The summed E-state index contributed by atoms with van der Waals surface area (Å²) in [6, 6.07) is 0.551. The van der Waals surface area contributed by atoms with Crippen LogP contribution < -0.4 is 5.32 Å². The maximum Gasteiger partial charge on any atom is 0.227 e. The Hall–Kier alpha value is -1.32. The average Bonchev–Trinajstić information content (AvgIpc) is 2.49. The molecule has 1 fully saturated rings. The van der Waals surface area contributed by atoms with E-state index in [1.165, 1.54) is 19.3 Å². The molecule has 0 bridgehead atoms. The highest BCUT2D eigenvalue weighted by atomic mass is 16.1. The number of hydrogen-bond acceptors (Lipinski definition) is 2. The Bertz CT molecular complexity index is 352. The van der Waals surface area contributed by atoms with Crippen LogP contribution in [0.5, 0.6) is 0 Å². The third-order valence-corrected chi connectivity index (χ3v) is 2.84. The van der Waals surface area contributed by atoms with Crippen molar-refractivity contribution in [2.45, 2.75) is 39.2 Å². The molecule has 0 atom stereocenters. The second-order valence-electron chi connectivity index (χ2n) is 4.44. The fraction of sp³-hybridized carbons (Fsp3) is 0.636. The van der Waals surface area contributed by atoms with Gasteiger partial charge in [-0.1, -0.05) is 13.8 Å². The molecule has 82 valence electrons. The second kappa shape index (κ2) is 4.04.